The molecule has 0 radical (unpaired) electrons. The highest BCUT2D eigenvalue weighted by molar-refractivity contribution is 5.94. The van der Waals surface area contributed by atoms with E-state index in [1.165, 1.54) is 0 Å². The Morgan fingerprint density at radius 2 is 2.00 bits per heavy atom. The van der Waals surface area contributed by atoms with Crippen molar-refractivity contribution in [2.75, 3.05) is 13.1 Å². The first-order chi connectivity index (χ1) is 13.7. The van der Waals surface area contributed by atoms with Crippen molar-refractivity contribution >= 4 is 11.8 Å². The van der Waals surface area contributed by atoms with E-state index in [1.807, 2.05) is 42.5 Å². The number of piperidine rings is 1. The van der Waals surface area contributed by atoms with Crippen LogP contribution in [0.1, 0.15) is 41.6 Å². The summed E-state index contributed by atoms with van der Waals surface area (Å²) in [5, 5.41) is 6.24. The van der Waals surface area contributed by atoms with Gasteiger partial charge >= 0.3 is 0 Å². The van der Waals surface area contributed by atoms with Gasteiger partial charge in [-0.05, 0) is 56.0 Å². The molecule has 1 aromatic carbocycles. The average Bonchev–Trinajstić information content (AvgIpc) is 3.12. The van der Waals surface area contributed by atoms with E-state index in [4.69, 9.17) is 0 Å². The summed E-state index contributed by atoms with van der Waals surface area (Å²) in [6, 6.07) is 13.1. The number of carbonyl (C=O) groups is 2. The van der Waals surface area contributed by atoms with E-state index in [1.54, 1.807) is 12.4 Å². The van der Waals surface area contributed by atoms with E-state index in [2.05, 4.69) is 20.5 Å². The molecule has 0 aliphatic carbocycles. The zero-order chi connectivity index (χ0) is 19.4. The van der Waals surface area contributed by atoms with Crippen LogP contribution >= 0.6 is 0 Å². The Kier molecular flexibility index (Phi) is 5.39. The second-order valence-corrected chi connectivity index (χ2v) is 7.72. The second-order valence-electron chi connectivity index (χ2n) is 7.72. The molecule has 2 saturated heterocycles. The molecule has 2 N–H and O–H groups in total. The normalized spacial score (nSPS) is 24.4. The van der Waals surface area contributed by atoms with Crippen molar-refractivity contribution < 1.29 is 9.59 Å². The summed E-state index contributed by atoms with van der Waals surface area (Å²) >= 11 is 0. The Hall–Kier alpha value is -2.73. The van der Waals surface area contributed by atoms with E-state index in [0.717, 1.165) is 37.9 Å². The van der Waals surface area contributed by atoms with Gasteiger partial charge in [-0.15, -0.1) is 0 Å². The number of benzene rings is 1. The highest BCUT2D eigenvalue weighted by Gasteiger charge is 2.52. The van der Waals surface area contributed by atoms with E-state index < -0.39 is 5.54 Å². The van der Waals surface area contributed by atoms with Crippen LogP contribution in [0.15, 0.2) is 54.9 Å². The maximum atomic E-state index is 13.2. The number of hydrogen-bond donors (Lipinski definition) is 2. The molecule has 2 amide bonds. The first-order valence-corrected chi connectivity index (χ1v) is 9.95. The van der Waals surface area contributed by atoms with E-state index in [-0.39, 0.29) is 17.9 Å². The molecule has 4 rings (SSSR count). The number of pyridine rings is 1. The quantitative estimate of drug-likeness (QED) is 0.836. The first kappa shape index (κ1) is 18.6. The second kappa shape index (κ2) is 8.10. The van der Waals surface area contributed by atoms with Gasteiger partial charge < -0.3 is 10.6 Å². The molecule has 1 aromatic heterocycles. The number of nitrogens with zero attached hydrogens (tertiary/aromatic N) is 2. The Morgan fingerprint density at radius 1 is 1.14 bits per heavy atom. The van der Waals surface area contributed by atoms with Crippen molar-refractivity contribution in [1.29, 1.82) is 0 Å². The first-order valence-electron chi connectivity index (χ1n) is 9.95. The summed E-state index contributed by atoms with van der Waals surface area (Å²) in [5.74, 6) is -0.0103. The molecule has 146 valence electrons. The van der Waals surface area contributed by atoms with Crippen molar-refractivity contribution in [3.8, 4) is 0 Å². The third-order valence-electron chi connectivity index (χ3n) is 5.87. The molecule has 28 heavy (non-hydrogen) atoms. The van der Waals surface area contributed by atoms with Gasteiger partial charge in [0.2, 0.25) is 5.91 Å². The van der Waals surface area contributed by atoms with Gasteiger partial charge in [0.1, 0.15) is 5.54 Å². The van der Waals surface area contributed by atoms with Crippen LogP contribution < -0.4 is 10.6 Å². The molecule has 2 aliphatic rings. The molecule has 0 bridgehead atoms. The monoisotopic (exact) mass is 378 g/mol. The van der Waals surface area contributed by atoms with Crippen LogP contribution in [0.5, 0.6) is 0 Å². The van der Waals surface area contributed by atoms with Gasteiger partial charge in [-0.25, -0.2) is 0 Å². The SMILES string of the molecule is O=C(NC1CN2CCCC[C@@]2(C(=O)NCc2cccnc2)C1)c1ccccc1. The van der Waals surface area contributed by atoms with Crippen LogP contribution in [0.25, 0.3) is 0 Å². The Labute approximate surface area is 165 Å². The fourth-order valence-electron chi connectivity index (χ4n) is 4.48. The fourth-order valence-corrected chi connectivity index (χ4v) is 4.48. The summed E-state index contributed by atoms with van der Waals surface area (Å²) in [6.07, 6.45) is 7.12. The number of rotatable bonds is 5. The zero-order valence-electron chi connectivity index (χ0n) is 15.9. The molecule has 0 saturated carbocycles. The highest BCUT2D eigenvalue weighted by atomic mass is 16.2. The highest BCUT2D eigenvalue weighted by Crippen LogP contribution is 2.38. The summed E-state index contributed by atoms with van der Waals surface area (Å²) < 4.78 is 0. The lowest BCUT2D eigenvalue weighted by molar-refractivity contribution is -0.134. The molecule has 2 atom stereocenters. The number of amides is 2. The molecule has 0 spiro atoms. The molecule has 6 nitrogen and oxygen atoms in total. The summed E-state index contributed by atoms with van der Waals surface area (Å²) in [7, 11) is 0. The van der Waals surface area contributed by atoms with Gasteiger partial charge in [0.25, 0.3) is 5.91 Å². The average molecular weight is 378 g/mol. The maximum Gasteiger partial charge on any atom is 0.251 e. The van der Waals surface area contributed by atoms with Gasteiger partial charge in [-0.3, -0.25) is 19.5 Å². The predicted octanol–water partition coefficient (Wildman–Crippen LogP) is 2.12. The summed E-state index contributed by atoms with van der Waals surface area (Å²) in [4.78, 5) is 32.1. The Bertz CT molecular complexity index is 827. The van der Waals surface area contributed by atoms with Crippen molar-refractivity contribution in [1.82, 2.24) is 20.5 Å². The number of nitrogens with one attached hydrogen (secondary N) is 2. The molecule has 2 aromatic rings. The lowest BCUT2D eigenvalue weighted by Gasteiger charge is -2.40. The number of carbonyl (C=O) groups excluding carboxylic acids is 2. The molecule has 3 heterocycles. The lowest BCUT2D eigenvalue weighted by Crippen LogP contribution is -2.57. The van der Waals surface area contributed by atoms with Crippen LogP contribution in [0.3, 0.4) is 0 Å². The molecule has 2 aliphatic heterocycles. The third kappa shape index (κ3) is 3.78. The van der Waals surface area contributed by atoms with Gasteiger partial charge in [0.15, 0.2) is 0 Å². The lowest BCUT2D eigenvalue weighted by atomic mass is 9.84. The fraction of sp³-hybridized carbons (Fsp3) is 0.409. The minimum absolute atomic E-state index is 0.0186. The van der Waals surface area contributed by atoms with Gasteiger partial charge in [0, 0.05) is 37.1 Å². The standard InChI is InChI=1S/C22H26N4O2/c27-20(18-8-2-1-3-9-18)25-19-13-22(10-4-5-12-26(22)16-19)21(28)24-15-17-7-6-11-23-14-17/h1-3,6-9,11,14,19H,4-5,10,12-13,15-16H2,(H,24,28)(H,25,27)/t19?,22-/m0/s1. The van der Waals surface area contributed by atoms with E-state index >= 15 is 0 Å². The van der Waals surface area contributed by atoms with E-state index in [0.29, 0.717) is 18.5 Å². The van der Waals surface area contributed by atoms with Gasteiger partial charge in [0.05, 0.1) is 0 Å². The van der Waals surface area contributed by atoms with Gasteiger partial charge in [-0.2, -0.15) is 0 Å². The van der Waals surface area contributed by atoms with Gasteiger partial charge in [-0.1, -0.05) is 24.3 Å². The van der Waals surface area contributed by atoms with Crippen LogP contribution in [0.2, 0.25) is 0 Å². The molecule has 1 unspecified atom stereocenters. The predicted molar refractivity (Wildman–Crippen MR) is 107 cm³/mol. The van der Waals surface area contributed by atoms with Crippen molar-refractivity contribution in [2.24, 2.45) is 0 Å². The Morgan fingerprint density at radius 3 is 2.79 bits per heavy atom. The summed E-state index contributed by atoms with van der Waals surface area (Å²) in [5.41, 5.74) is 1.12. The maximum absolute atomic E-state index is 13.2. The van der Waals surface area contributed by atoms with Crippen LogP contribution in [0.4, 0.5) is 0 Å². The van der Waals surface area contributed by atoms with Crippen LogP contribution in [-0.2, 0) is 11.3 Å². The topological polar surface area (TPSA) is 74.3 Å². The largest absolute Gasteiger partial charge is 0.350 e. The van der Waals surface area contributed by atoms with Crippen molar-refractivity contribution in [3.63, 3.8) is 0 Å². The smallest absolute Gasteiger partial charge is 0.251 e. The third-order valence-corrected chi connectivity index (χ3v) is 5.87. The molecular weight excluding hydrogens is 352 g/mol. The minimum atomic E-state index is -0.519. The van der Waals surface area contributed by atoms with Crippen molar-refractivity contribution in [2.45, 2.75) is 43.8 Å². The number of fused-ring (bicyclic) bond motifs is 1. The Balaban J connectivity index is 1.44. The summed E-state index contributed by atoms with van der Waals surface area (Å²) in [6.45, 7) is 2.10. The molecular formula is C22H26N4O2. The van der Waals surface area contributed by atoms with E-state index in [9.17, 15) is 9.59 Å². The minimum Gasteiger partial charge on any atom is -0.350 e. The zero-order valence-corrected chi connectivity index (χ0v) is 15.9. The molecule has 6 heteroatoms. The number of hydrogen-bond acceptors (Lipinski definition) is 4. The number of aromatic nitrogens is 1. The van der Waals surface area contributed by atoms with Crippen molar-refractivity contribution in [3.05, 3.63) is 66.0 Å². The van der Waals surface area contributed by atoms with Crippen LogP contribution in [-0.4, -0.2) is 46.4 Å². The van der Waals surface area contributed by atoms with Crippen LogP contribution in [0, 0.1) is 0 Å². The molecule has 2 fully saturated rings.